The minimum Gasteiger partial charge on any atom is -0.497 e. The maximum atomic E-state index is 13.3. The van der Waals surface area contributed by atoms with Crippen LogP contribution in [0.3, 0.4) is 0 Å². The molecule has 33 heavy (non-hydrogen) atoms. The van der Waals surface area contributed by atoms with Crippen molar-refractivity contribution in [1.29, 1.82) is 0 Å². The Balaban J connectivity index is 1.40. The zero-order valence-electron chi connectivity index (χ0n) is 19.1. The third kappa shape index (κ3) is 5.17. The van der Waals surface area contributed by atoms with Crippen LogP contribution in [0.1, 0.15) is 33.2 Å². The van der Waals surface area contributed by atoms with E-state index < -0.39 is 0 Å². The van der Waals surface area contributed by atoms with E-state index in [2.05, 4.69) is 12.2 Å². The molecule has 6 heteroatoms. The topological polar surface area (TPSA) is 61.9 Å². The van der Waals surface area contributed by atoms with Gasteiger partial charge in [0.2, 0.25) is 0 Å². The van der Waals surface area contributed by atoms with Gasteiger partial charge in [0.1, 0.15) is 5.75 Å². The second kappa shape index (κ2) is 10.2. The minimum atomic E-state index is -0.0361. The van der Waals surface area contributed by atoms with Gasteiger partial charge in [0.25, 0.3) is 11.8 Å². The lowest BCUT2D eigenvalue weighted by Gasteiger charge is -2.35. The van der Waals surface area contributed by atoms with Crippen molar-refractivity contribution < 1.29 is 14.3 Å². The smallest absolute Gasteiger partial charge is 0.256 e. The van der Waals surface area contributed by atoms with E-state index in [1.54, 1.807) is 7.11 Å². The molecule has 0 bridgehead atoms. The van der Waals surface area contributed by atoms with Gasteiger partial charge in [0.15, 0.2) is 0 Å². The molecular formula is C27H29N3O3. The molecule has 1 aliphatic rings. The van der Waals surface area contributed by atoms with Crippen molar-refractivity contribution in [3.63, 3.8) is 0 Å². The van der Waals surface area contributed by atoms with Gasteiger partial charge in [-0.2, -0.15) is 0 Å². The Kier molecular flexibility index (Phi) is 6.93. The van der Waals surface area contributed by atoms with Crippen LogP contribution >= 0.6 is 0 Å². The zero-order valence-corrected chi connectivity index (χ0v) is 19.1. The predicted molar refractivity (Wildman–Crippen MR) is 130 cm³/mol. The summed E-state index contributed by atoms with van der Waals surface area (Å²) in [4.78, 5) is 29.8. The number of ether oxygens (including phenoxy) is 1. The van der Waals surface area contributed by atoms with Gasteiger partial charge in [-0.15, -0.1) is 0 Å². The van der Waals surface area contributed by atoms with E-state index in [9.17, 15) is 9.59 Å². The second-order valence-corrected chi connectivity index (χ2v) is 8.03. The highest BCUT2D eigenvalue weighted by molar-refractivity contribution is 6.00. The van der Waals surface area contributed by atoms with E-state index in [0.717, 1.165) is 23.5 Å². The van der Waals surface area contributed by atoms with Crippen LogP contribution in [-0.4, -0.2) is 54.9 Å². The van der Waals surface area contributed by atoms with Gasteiger partial charge in [-0.1, -0.05) is 31.2 Å². The summed E-state index contributed by atoms with van der Waals surface area (Å²) in [6.45, 7) is 4.16. The minimum absolute atomic E-state index is 0.0197. The predicted octanol–water partition coefficient (Wildman–Crippen LogP) is 4.60. The quantitative estimate of drug-likeness (QED) is 0.605. The molecule has 0 unspecified atom stereocenters. The molecule has 6 nitrogen and oxygen atoms in total. The van der Waals surface area contributed by atoms with Gasteiger partial charge in [-0.3, -0.25) is 9.59 Å². The Hall–Kier alpha value is -3.80. The normalized spacial score (nSPS) is 13.5. The standard InChI is InChI=1S/C27H29N3O3/c1-3-20-8-10-21(11-9-20)26(31)29-16-18-30(19-17-29)27(32)24-6-4-5-7-25(24)28-22-12-14-23(33-2)15-13-22/h4-15,28H,3,16-19H2,1-2H3. The average Bonchev–Trinajstić information content (AvgIpc) is 2.89. The first-order valence-corrected chi connectivity index (χ1v) is 11.3. The number of amides is 2. The molecule has 1 N–H and O–H groups in total. The first-order valence-electron chi connectivity index (χ1n) is 11.3. The highest BCUT2D eigenvalue weighted by Gasteiger charge is 2.26. The van der Waals surface area contributed by atoms with E-state index in [4.69, 9.17) is 4.74 Å². The zero-order chi connectivity index (χ0) is 23.2. The number of aryl methyl sites for hydroxylation is 1. The molecular weight excluding hydrogens is 414 g/mol. The largest absolute Gasteiger partial charge is 0.497 e. The number of piperazine rings is 1. The number of hydrogen-bond donors (Lipinski definition) is 1. The molecule has 0 radical (unpaired) electrons. The van der Waals surface area contributed by atoms with Crippen molar-refractivity contribution in [3.05, 3.63) is 89.5 Å². The van der Waals surface area contributed by atoms with Crippen LogP contribution < -0.4 is 10.1 Å². The van der Waals surface area contributed by atoms with Crippen molar-refractivity contribution in [2.75, 3.05) is 38.6 Å². The summed E-state index contributed by atoms with van der Waals surface area (Å²) < 4.78 is 5.21. The van der Waals surface area contributed by atoms with Crippen LogP contribution in [0.15, 0.2) is 72.8 Å². The summed E-state index contributed by atoms with van der Waals surface area (Å²) in [6.07, 6.45) is 0.948. The van der Waals surface area contributed by atoms with Crippen molar-refractivity contribution in [2.45, 2.75) is 13.3 Å². The van der Waals surface area contributed by atoms with Gasteiger partial charge in [0.05, 0.1) is 18.4 Å². The third-order valence-corrected chi connectivity index (χ3v) is 5.99. The van der Waals surface area contributed by atoms with E-state index in [1.165, 1.54) is 5.56 Å². The molecule has 1 saturated heterocycles. The number of methoxy groups -OCH3 is 1. The van der Waals surface area contributed by atoms with Crippen molar-refractivity contribution >= 4 is 23.2 Å². The van der Waals surface area contributed by atoms with E-state index in [0.29, 0.717) is 37.3 Å². The molecule has 1 fully saturated rings. The van der Waals surface area contributed by atoms with E-state index in [1.807, 2.05) is 82.6 Å². The molecule has 0 aliphatic carbocycles. The number of nitrogens with zero attached hydrogens (tertiary/aromatic N) is 2. The lowest BCUT2D eigenvalue weighted by Crippen LogP contribution is -2.50. The second-order valence-electron chi connectivity index (χ2n) is 8.03. The number of anilines is 2. The fourth-order valence-electron chi connectivity index (χ4n) is 3.96. The molecule has 0 aromatic heterocycles. The third-order valence-electron chi connectivity index (χ3n) is 5.99. The van der Waals surface area contributed by atoms with Crippen LogP contribution in [0.2, 0.25) is 0 Å². The SMILES string of the molecule is CCc1ccc(C(=O)N2CCN(C(=O)c3ccccc3Nc3ccc(OC)cc3)CC2)cc1. The maximum absolute atomic E-state index is 13.3. The summed E-state index contributed by atoms with van der Waals surface area (Å²) in [5.41, 5.74) is 4.15. The van der Waals surface area contributed by atoms with Gasteiger partial charge < -0.3 is 19.9 Å². The average molecular weight is 444 g/mol. The van der Waals surface area contributed by atoms with Gasteiger partial charge in [-0.05, 0) is 60.5 Å². The fraction of sp³-hybridized carbons (Fsp3) is 0.259. The highest BCUT2D eigenvalue weighted by Crippen LogP contribution is 2.24. The van der Waals surface area contributed by atoms with Crippen LogP contribution in [0.25, 0.3) is 0 Å². The first-order chi connectivity index (χ1) is 16.1. The van der Waals surface area contributed by atoms with Crippen molar-refractivity contribution in [3.8, 4) is 5.75 Å². The monoisotopic (exact) mass is 443 g/mol. The molecule has 2 amide bonds. The molecule has 4 rings (SSSR count). The van der Waals surface area contributed by atoms with Crippen LogP contribution in [0, 0.1) is 0 Å². The first kappa shape index (κ1) is 22.4. The van der Waals surface area contributed by atoms with Crippen LogP contribution in [0.4, 0.5) is 11.4 Å². The molecule has 0 saturated carbocycles. The number of hydrogen-bond acceptors (Lipinski definition) is 4. The summed E-state index contributed by atoms with van der Waals surface area (Å²) in [5, 5.41) is 3.33. The van der Waals surface area contributed by atoms with Crippen molar-refractivity contribution in [2.24, 2.45) is 0 Å². The molecule has 1 heterocycles. The number of rotatable bonds is 6. The summed E-state index contributed by atoms with van der Waals surface area (Å²) in [6, 6.07) is 22.9. The summed E-state index contributed by atoms with van der Waals surface area (Å²) in [5.74, 6) is 0.760. The lowest BCUT2D eigenvalue weighted by molar-refractivity contribution is 0.0536. The number of para-hydroxylation sites is 1. The van der Waals surface area contributed by atoms with Gasteiger partial charge in [-0.25, -0.2) is 0 Å². The number of carbonyl (C=O) groups excluding carboxylic acids is 2. The number of nitrogens with one attached hydrogen (secondary N) is 1. The molecule has 0 atom stereocenters. The summed E-state index contributed by atoms with van der Waals surface area (Å²) in [7, 11) is 1.63. The van der Waals surface area contributed by atoms with Crippen LogP contribution in [0.5, 0.6) is 5.75 Å². The molecule has 170 valence electrons. The Bertz CT molecular complexity index is 1100. The molecule has 0 spiro atoms. The highest BCUT2D eigenvalue weighted by atomic mass is 16.5. The number of benzene rings is 3. The maximum Gasteiger partial charge on any atom is 0.256 e. The van der Waals surface area contributed by atoms with Gasteiger partial charge in [0, 0.05) is 37.4 Å². The Morgan fingerprint density at radius 2 is 1.42 bits per heavy atom. The van der Waals surface area contributed by atoms with E-state index >= 15 is 0 Å². The Morgan fingerprint density at radius 3 is 2.03 bits per heavy atom. The fourth-order valence-corrected chi connectivity index (χ4v) is 3.96. The van der Waals surface area contributed by atoms with Crippen LogP contribution in [-0.2, 0) is 6.42 Å². The summed E-state index contributed by atoms with van der Waals surface area (Å²) >= 11 is 0. The Labute approximate surface area is 194 Å². The van der Waals surface area contributed by atoms with Gasteiger partial charge >= 0.3 is 0 Å². The molecule has 3 aromatic carbocycles. The lowest BCUT2D eigenvalue weighted by atomic mass is 10.1. The Morgan fingerprint density at radius 1 is 0.818 bits per heavy atom. The molecule has 3 aromatic rings. The van der Waals surface area contributed by atoms with Crippen molar-refractivity contribution in [1.82, 2.24) is 9.80 Å². The molecule has 1 aliphatic heterocycles. The van der Waals surface area contributed by atoms with E-state index in [-0.39, 0.29) is 11.8 Å². The number of carbonyl (C=O) groups is 2.